The van der Waals surface area contributed by atoms with Gasteiger partial charge in [-0.05, 0) is 35.7 Å². The number of hydrogen-bond acceptors (Lipinski definition) is 2. The molecule has 0 aromatic heterocycles. The molecular weight excluding hydrogens is 258 g/mol. The van der Waals surface area contributed by atoms with Crippen LogP contribution in [0, 0.1) is 6.92 Å². The van der Waals surface area contributed by atoms with Gasteiger partial charge in [0.05, 0.1) is 17.3 Å². The standard InChI is InChI=1S/C16H18ClNO/c1-12-7-8-15(17)16(9-12)18-10-13-5-3-4-6-14(13)11-19-2/h3-9,18H,10-11H2,1-2H3. The van der Waals surface area contributed by atoms with Crippen molar-refractivity contribution in [3.63, 3.8) is 0 Å². The van der Waals surface area contributed by atoms with Gasteiger partial charge in [0, 0.05) is 13.7 Å². The summed E-state index contributed by atoms with van der Waals surface area (Å²) in [6, 6.07) is 14.2. The largest absolute Gasteiger partial charge is 0.380 e. The molecule has 2 aromatic rings. The molecule has 19 heavy (non-hydrogen) atoms. The fourth-order valence-electron chi connectivity index (χ4n) is 1.99. The van der Waals surface area contributed by atoms with Crippen LogP contribution in [0.5, 0.6) is 0 Å². The van der Waals surface area contributed by atoms with Crippen molar-refractivity contribution < 1.29 is 4.74 Å². The van der Waals surface area contributed by atoms with Crippen LogP contribution in [-0.4, -0.2) is 7.11 Å². The molecule has 0 aliphatic heterocycles. The van der Waals surface area contributed by atoms with Crippen molar-refractivity contribution in [2.75, 3.05) is 12.4 Å². The SMILES string of the molecule is COCc1ccccc1CNc1cc(C)ccc1Cl. The number of hydrogen-bond donors (Lipinski definition) is 1. The van der Waals surface area contributed by atoms with Gasteiger partial charge in [-0.2, -0.15) is 0 Å². The Morgan fingerprint density at radius 3 is 2.58 bits per heavy atom. The van der Waals surface area contributed by atoms with Crippen molar-refractivity contribution in [1.82, 2.24) is 0 Å². The van der Waals surface area contributed by atoms with Gasteiger partial charge in [0.2, 0.25) is 0 Å². The number of ether oxygens (including phenoxy) is 1. The van der Waals surface area contributed by atoms with E-state index in [2.05, 4.69) is 30.4 Å². The zero-order valence-electron chi connectivity index (χ0n) is 11.2. The van der Waals surface area contributed by atoms with Gasteiger partial charge in [-0.25, -0.2) is 0 Å². The third kappa shape index (κ3) is 3.72. The van der Waals surface area contributed by atoms with Crippen LogP contribution in [0.1, 0.15) is 16.7 Å². The fourth-order valence-corrected chi connectivity index (χ4v) is 2.18. The molecule has 0 amide bonds. The molecule has 0 radical (unpaired) electrons. The minimum Gasteiger partial charge on any atom is -0.380 e. The highest BCUT2D eigenvalue weighted by Gasteiger charge is 2.03. The quantitative estimate of drug-likeness (QED) is 0.873. The lowest BCUT2D eigenvalue weighted by Gasteiger charge is -2.12. The van der Waals surface area contributed by atoms with Gasteiger partial charge < -0.3 is 10.1 Å². The maximum atomic E-state index is 6.18. The van der Waals surface area contributed by atoms with Gasteiger partial charge in [-0.15, -0.1) is 0 Å². The smallest absolute Gasteiger partial charge is 0.0716 e. The molecule has 0 aliphatic carbocycles. The number of aryl methyl sites for hydroxylation is 1. The average molecular weight is 276 g/mol. The lowest BCUT2D eigenvalue weighted by atomic mass is 10.1. The van der Waals surface area contributed by atoms with Crippen molar-refractivity contribution >= 4 is 17.3 Å². The molecule has 3 heteroatoms. The third-order valence-corrected chi connectivity index (χ3v) is 3.34. The van der Waals surface area contributed by atoms with Crippen LogP contribution in [0.2, 0.25) is 5.02 Å². The summed E-state index contributed by atoms with van der Waals surface area (Å²) >= 11 is 6.18. The minimum absolute atomic E-state index is 0.624. The number of nitrogens with one attached hydrogen (secondary N) is 1. The van der Waals surface area contributed by atoms with Gasteiger partial charge in [-0.3, -0.25) is 0 Å². The topological polar surface area (TPSA) is 21.3 Å². The van der Waals surface area contributed by atoms with E-state index in [1.54, 1.807) is 7.11 Å². The normalized spacial score (nSPS) is 10.5. The Labute approximate surface area is 119 Å². The van der Waals surface area contributed by atoms with Gasteiger partial charge in [0.15, 0.2) is 0 Å². The molecule has 2 nitrogen and oxygen atoms in total. The number of anilines is 1. The second-order valence-corrected chi connectivity index (χ2v) is 4.95. The monoisotopic (exact) mass is 275 g/mol. The molecule has 2 aromatic carbocycles. The molecule has 0 saturated heterocycles. The Balaban J connectivity index is 2.12. The summed E-state index contributed by atoms with van der Waals surface area (Å²) in [5, 5.41) is 4.13. The molecule has 1 N–H and O–H groups in total. The van der Waals surface area contributed by atoms with Crippen molar-refractivity contribution in [3.05, 3.63) is 64.2 Å². The zero-order valence-corrected chi connectivity index (χ0v) is 12.0. The van der Waals surface area contributed by atoms with Crippen LogP contribution in [-0.2, 0) is 17.9 Å². The van der Waals surface area contributed by atoms with Crippen molar-refractivity contribution in [2.45, 2.75) is 20.1 Å². The summed E-state index contributed by atoms with van der Waals surface area (Å²) in [5.74, 6) is 0. The molecule has 100 valence electrons. The Morgan fingerprint density at radius 2 is 1.84 bits per heavy atom. The molecule has 0 aliphatic rings. The molecule has 0 bridgehead atoms. The molecule has 0 unspecified atom stereocenters. The van der Waals surface area contributed by atoms with Crippen LogP contribution < -0.4 is 5.32 Å². The predicted molar refractivity (Wildman–Crippen MR) is 80.7 cm³/mol. The first-order valence-electron chi connectivity index (χ1n) is 6.26. The van der Waals surface area contributed by atoms with Gasteiger partial charge in [-0.1, -0.05) is 41.9 Å². The van der Waals surface area contributed by atoms with E-state index >= 15 is 0 Å². The third-order valence-electron chi connectivity index (χ3n) is 3.01. The van der Waals surface area contributed by atoms with Gasteiger partial charge >= 0.3 is 0 Å². The first-order valence-corrected chi connectivity index (χ1v) is 6.64. The van der Waals surface area contributed by atoms with E-state index < -0.39 is 0 Å². The van der Waals surface area contributed by atoms with E-state index in [0.717, 1.165) is 17.3 Å². The number of methoxy groups -OCH3 is 1. The Bertz CT molecular complexity index is 554. The number of benzene rings is 2. The maximum absolute atomic E-state index is 6.18. The summed E-state index contributed by atoms with van der Waals surface area (Å²) in [6.07, 6.45) is 0. The first-order chi connectivity index (χ1) is 9.20. The van der Waals surface area contributed by atoms with E-state index in [4.69, 9.17) is 16.3 Å². The Hall–Kier alpha value is -1.51. The second kappa shape index (κ2) is 6.60. The first kappa shape index (κ1) is 13.9. The van der Waals surface area contributed by atoms with Crippen molar-refractivity contribution in [2.24, 2.45) is 0 Å². The summed E-state index contributed by atoms with van der Waals surface area (Å²) in [7, 11) is 1.71. The van der Waals surface area contributed by atoms with Gasteiger partial charge in [0.25, 0.3) is 0 Å². The van der Waals surface area contributed by atoms with E-state index in [0.29, 0.717) is 6.61 Å². The van der Waals surface area contributed by atoms with Crippen LogP contribution >= 0.6 is 11.6 Å². The van der Waals surface area contributed by atoms with Crippen LogP contribution in [0.15, 0.2) is 42.5 Å². The molecule has 0 heterocycles. The lowest BCUT2D eigenvalue weighted by Crippen LogP contribution is -2.04. The van der Waals surface area contributed by atoms with Crippen LogP contribution in [0.4, 0.5) is 5.69 Å². The number of rotatable bonds is 5. The summed E-state index contributed by atoms with van der Waals surface area (Å²) in [6.45, 7) is 3.42. The molecule has 0 saturated carbocycles. The summed E-state index contributed by atoms with van der Waals surface area (Å²) in [4.78, 5) is 0. The van der Waals surface area contributed by atoms with Crippen molar-refractivity contribution in [3.8, 4) is 0 Å². The van der Waals surface area contributed by atoms with E-state index in [1.807, 2.05) is 24.3 Å². The maximum Gasteiger partial charge on any atom is 0.0716 e. The zero-order chi connectivity index (χ0) is 13.7. The molecule has 2 rings (SSSR count). The van der Waals surface area contributed by atoms with E-state index in [1.165, 1.54) is 16.7 Å². The Morgan fingerprint density at radius 1 is 1.11 bits per heavy atom. The predicted octanol–water partition coefficient (Wildman–Crippen LogP) is 4.41. The highest BCUT2D eigenvalue weighted by molar-refractivity contribution is 6.33. The van der Waals surface area contributed by atoms with E-state index in [-0.39, 0.29) is 0 Å². The summed E-state index contributed by atoms with van der Waals surface area (Å²) in [5.41, 5.74) is 4.58. The van der Waals surface area contributed by atoms with Crippen LogP contribution in [0.3, 0.4) is 0 Å². The molecular formula is C16H18ClNO. The van der Waals surface area contributed by atoms with Crippen molar-refractivity contribution in [1.29, 1.82) is 0 Å². The Kier molecular flexibility index (Phi) is 4.83. The molecule has 0 fully saturated rings. The highest BCUT2D eigenvalue weighted by atomic mass is 35.5. The van der Waals surface area contributed by atoms with E-state index in [9.17, 15) is 0 Å². The average Bonchev–Trinajstić information content (AvgIpc) is 2.42. The minimum atomic E-state index is 0.624. The lowest BCUT2D eigenvalue weighted by molar-refractivity contribution is 0.184. The van der Waals surface area contributed by atoms with Crippen LogP contribution in [0.25, 0.3) is 0 Å². The van der Waals surface area contributed by atoms with Gasteiger partial charge in [0.1, 0.15) is 0 Å². The molecule has 0 spiro atoms. The highest BCUT2D eigenvalue weighted by Crippen LogP contribution is 2.23. The summed E-state index contributed by atoms with van der Waals surface area (Å²) < 4.78 is 5.21. The second-order valence-electron chi connectivity index (χ2n) is 4.54. The fraction of sp³-hybridized carbons (Fsp3) is 0.250. The molecule has 0 atom stereocenters. The number of halogens is 1.